The van der Waals surface area contributed by atoms with E-state index in [-0.39, 0.29) is 30.8 Å². The maximum atomic E-state index is 12.5. The van der Waals surface area contributed by atoms with Crippen LogP contribution in [0.25, 0.3) is 0 Å². The minimum atomic E-state index is -0.313. The number of piperazine rings is 1. The molecule has 0 aromatic heterocycles. The minimum absolute atomic E-state index is 0.00711. The van der Waals surface area contributed by atoms with Gasteiger partial charge in [-0.25, -0.2) is 0 Å². The van der Waals surface area contributed by atoms with Crippen molar-refractivity contribution >= 4 is 35.0 Å². The van der Waals surface area contributed by atoms with Crippen LogP contribution in [0.5, 0.6) is 0 Å². The summed E-state index contributed by atoms with van der Waals surface area (Å²) in [4.78, 5) is 40.5. The number of carbonyl (C=O) groups is 3. The van der Waals surface area contributed by atoms with Gasteiger partial charge in [0.1, 0.15) is 0 Å². The molecule has 0 saturated carbocycles. The molecule has 0 unspecified atom stereocenters. The number of halogens is 1. The van der Waals surface area contributed by atoms with E-state index >= 15 is 0 Å². The summed E-state index contributed by atoms with van der Waals surface area (Å²) in [5.74, 6) is -0.532. The number of anilines is 1. The van der Waals surface area contributed by atoms with Crippen molar-refractivity contribution < 1.29 is 14.4 Å². The zero-order chi connectivity index (χ0) is 21.5. The van der Waals surface area contributed by atoms with Crippen molar-refractivity contribution in [3.8, 4) is 0 Å². The molecule has 1 aliphatic rings. The first-order valence-electron chi connectivity index (χ1n) is 9.82. The number of benzene rings is 2. The van der Waals surface area contributed by atoms with Gasteiger partial charge in [0.05, 0.1) is 13.1 Å². The van der Waals surface area contributed by atoms with Gasteiger partial charge in [-0.1, -0.05) is 35.9 Å². The van der Waals surface area contributed by atoms with E-state index in [1.54, 1.807) is 35.2 Å². The Labute approximate surface area is 181 Å². The van der Waals surface area contributed by atoms with E-state index in [0.29, 0.717) is 42.5 Å². The molecule has 1 heterocycles. The Morgan fingerprint density at radius 3 is 2.33 bits per heavy atom. The van der Waals surface area contributed by atoms with E-state index in [2.05, 4.69) is 10.6 Å². The Bertz CT molecular complexity index is 912. The van der Waals surface area contributed by atoms with Gasteiger partial charge in [0.25, 0.3) is 5.91 Å². The predicted molar refractivity (Wildman–Crippen MR) is 117 cm³/mol. The maximum Gasteiger partial charge on any atom is 0.253 e. The number of amides is 3. The third-order valence-electron chi connectivity index (χ3n) is 5.04. The number of hydrogen-bond acceptors (Lipinski definition) is 4. The summed E-state index contributed by atoms with van der Waals surface area (Å²) in [5.41, 5.74) is 2.08. The highest BCUT2D eigenvalue weighted by molar-refractivity contribution is 6.31. The number of nitrogens with one attached hydrogen (secondary N) is 2. The molecule has 0 atom stereocenters. The molecule has 1 fully saturated rings. The van der Waals surface area contributed by atoms with Gasteiger partial charge in [0.15, 0.2) is 0 Å². The number of rotatable bonds is 6. The summed E-state index contributed by atoms with van der Waals surface area (Å²) in [6.45, 7) is 4.25. The lowest BCUT2D eigenvalue weighted by atomic mass is 10.2. The zero-order valence-electron chi connectivity index (χ0n) is 16.9. The summed E-state index contributed by atoms with van der Waals surface area (Å²) in [5, 5.41) is 5.96. The summed E-state index contributed by atoms with van der Waals surface area (Å²) >= 11 is 6.05. The summed E-state index contributed by atoms with van der Waals surface area (Å²) in [6.07, 6.45) is 0. The third kappa shape index (κ3) is 5.81. The third-order valence-corrected chi connectivity index (χ3v) is 5.44. The zero-order valence-corrected chi connectivity index (χ0v) is 17.6. The van der Waals surface area contributed by atoms with Gasteiger partial charge in [0, 0.05) is 42.5 Å². The lowest BCUT2D eigenvalue weighted by Gasteiger charge is -2.34. The molecule has 1 saturated heterocycles. The lowest BCUT2D eigenvalue weighted by Crippen LogP contribution is -2.51. The maximum absolute atomic E-state index is 12.5. The van der Waals surface area contributed by atoms with Crippen molar-refractivity contribution in [1.82, 2.24) is 15.1 Å². The van der Waals surface area contributed by atoms with Crippen LogP contribution >= 0.6 is 11.6 Å². The average Bonchev–Trinajstić information content (AvgIpc) is 2.76. The van der Waals surface area contributed by atoms with Crippen molar-refractivity contribution in [2.24, 2.45) is 0 Å². The van der Waals surface area contributed by atoms with Crippen LogP contribution in [0.1, 0.15) is 15.9 Å². The summed E-state index contributed by atoms with van der Waals surface area (Å²) in [7, 11) is 0. The van der Waals surface area contributed by atoms with Gasteiger partial charge in [0.2, 0.25) is 11.8 Å². The Balaban J connectivity index is 1.39. The van der Waals surface area contributed by atoms with Crippen LogP contribution in [-0.2, 0) is 9.59 Å². The SMILES string of the molecule is Cc1c(Cl)cccc1NC(=O)CNC(=O)CN1CCN(C(=O)c2ccccc2)CC1. The van der Waals surface area contributed by atoms with E-state index in [4.69, 9.17) is 11.6 Å². The first kappa shape index (κ1) is 21.8. The minimum Gasteiger partial charge on any atom is -0.346 e. The molecule has 0 aliphatic carbocycles. The van der Waals surface area contributed by atoms with Crippen LogP contribution in [0.3, 0.4) is 0 Å². The van der Waals surface area contributed by atoms with Crippen molar-refractivity contribution in [3.05, 3.63) is 64.7 Å². The van der Waals surface area contributed by atoms with E-state index in [1.165, 1.54) is 0 Å². The molecule has 2 N–H and O–H groups in total. The highest BCUT2D eigenvalue weighted by Crippen LogP contribution is 2.22. The van der Waals surface area contributed by atoms with Crippen LogP contribution in [0.4, 0.5) is 5.69 Å². The van der Waals surface area contributed by atoms with E-state index in [0.717, 1.165) is 5.56 Å². The molecule has 30 heavy (non-hydrogen) atoms. The van der Waals surface area contributed by atoms with Crippen LogP contribution in [0, 0.1) is 6.92 Å². The van der Waals surface area contributed by atoms with Gasteiger partial charge < -0.3 is 15.5 Å². The normalized spacial score (nSPS) is 14.3. The van der Waals surface area contributed by atoms with Crippen molar-refractivity contribution in [2.75, 3.05) is 44.6 Å². The Morgan fingerprint density at radius 2 is 1.63 bits per heavy atom. The standard InChI is InChI=1S/C22H25ClN4O3/c1-16-18(23)8-5-9-19(16)25-20(28)14-24-21(29)15-26-10-12-27(13-11-26)22(30)17-6-3-2-4-7-17/h2-9H,10-15H2,1H3,(H,24,29)(H,25,28). The molecule has 8 heteroatoms. The van der Waals surface area contributed by atoms with E-state index in [9.17, 15) is 14.4 Å². The van der Waals surface area contributed by atoms with Crippen LogP contribution in [0.2, 0.25) is 5.02 Å². The fourth-order valence-electron chi connectivity index (χ4n) is 3.25. The van der Waals surface area contributed by atoms with Gasteiger partial charge in [-0.05, 0) is 36.8 Å². The second-order valence-electron chi connectivity index (χ2n) is 7.17. The molecule has 0 bridgehead atoms. The van der Waals surface area contributed by atoms with Gasteiger partial charge in [-0.2, -0.15) is 0 Å². The largest absolute Gasteiger partial charge is 0.346 e. The molecule has 3 rings (SSSR count). The van der Waals surface area contributed by atoms with Gasteiger partial charge in [-0.3, -0.25) is 19.3 Å². The fourth-order valence-corrected chi connectivity index (χ4v) is 3.42. The molecule has 2 aromatic carbocycles. The van der Waals surface area contributed by atoms with Crippen molar-refractivity contribution in [2.45, 2.75) is 6.92 Å². The number of nitrogens with zero attached hydrogens (tertiary/aromatic N) is 2. The molecule has 0 spiro atoms. The summed E-state index contributed by atoms with van der Waals surface area (Å²) < 4.78 is 0. The molecule has 2 aromatic rings. The second-order valence-corrected chi connectivity index (χ2v) is 7.58. The Kier molecular flexibility index (Phi) is 7.43. The molecule has 1 aliphatic heterocycles. The second kappa shape index (κ2) is 10.2. The van der Waals surface area contributed by atoms with Gasteiger partial charge in [-0.15, -0.1) is 0 Å². The molecule has 0 radical (unpaired) electrons. The molecular weight excluding hydrogens is 404 g/mol. The quantitative estimate of drug-likeness (QED) is 0.738. The van der Waals surface area contributed by atoms with Crippen LogP contribution in [0.15, 0.2) is 48.5 Å². The first-order valence-corrected chi connectivity index (χ1v) is 10.2. The fraction of sp³-hybridized carbons (Fsp3) is 0.318. The Hall–Kier alpha value is -2.90. The predicted octanol–water partition coefficient (Wildman–Crippen LogP) is 2.16. The highest BCUT2D eigenvalue weighted by Gasteiger charge is 2.23. The number of hydrogen-bond donors (Lipinski definition) is 2. The smallest absolute Gasteiger partial charge is 0.253 e. The van der Waals surface area contributed by atoms with Crippen LogP contribution < -0.4 is 10.6 Å². The first-order chi connectivity index (χ1) is 14.4. The average molecular weight is 429 g/mol. The van der Waals surface area contributed by atoms with Crippen LogP contribution in [-0.4, -0.2) is 66.8 Å². The monoisotopic (exact) mass is 428 g/mol. The topological polar surface area (TPSA) is 81.8 Å². The lowest BCUT2D eigenvalue weighted by molar-refractivity contribution is -0.125. The highest BCUT2D eigenvalue weighted by atomic mass is 35.5. The van der Waals surface area contributed by atoms with Gasteiger partial charge >= 0.3 is 0 Å². The summed E-state index contributed by atoms with van der Waals surface area (Å²) in [6, 6.07) is 14.4. The number of carbonyl (C=O) groups excluding carboxylic acids is 3. The molecular formula is C22H25ClN4O3. The molecule has 3 amide bonds. The molecule has 158 valence electrons. The Morgan fingerprint density at radius 1 is 0.933 bits per heavy atom. The van der Waals surface area contributed by atoms with E-state index in [1.807, 2.05) is 30.0 Å². The van der Waals surface area contributed by atoms with Crippen molar-refractivity contribution in [3.63, 3.8) is 0 Å². The van der Waals surface area contributed by atoms with E-state index < -0.39 is 0 Å². The van der Waals surface area contributed by atoms with Crippen molar-refractivity contribution in [1.29, 1.82) is 0 Å². The molecule has 7 nitrogen and oxygen atoms in total.